The molecule has 0 radical (unpaired) electrons. The van der Waals surface area contributed by atoms with Crippen LogP contribution in [0.5, 0.6) is 0 Å². The third-order valence-electron chi connectivity index (χ3n) is 4.82. The lowest BCUT2D eigenvalue weighted by Gasteiger charge is -2.18. The molecule has 2 aliphatic rings. The van der Waals surface area contributed by atoms with Gasteiger partial charge in [0, 0.05) is 37.9 Å². The van der Waals surface area contributed by atoms with E-state index < -0.39 is 0 Å². The Morgan fingerprint density at radius 1 is 0.571 bits per heavy atom. The fourth-order valence-corrected chi connectivity index (χ4v) is 3.18. The normalized spacial score (nSPS) is 15.3. The van der Waals surface area contributed by atoms with Crippen molar-refractivity contribution in [3.8, 4) is 0 Å². The topological polar surface area (TPSA) is 65.3 Å². The van der Waals surface area contributed by atoms with E-state index in [1.165, 1.54) is 63.8 Å². The Kier molecular flexibility index (Phi) is 10.3. The minimum Gasteiger partial charge on any atom is -0.354 e. The van der Waals surface area contributed by atoms with Gasteiger partial charge in [-0.2, -0.15) is 0 Å². The van der Waals surface area contributed by atoms with Crippen molar-refractivity contribution in [2.75, 3.05) is 13.1 Å². The zero-order valence-electron chi connectivity index (χ0n) is 16.4. The summed E-state index contributed by atoms with van der Waals surface area (Å²) in [5.41, 5.74) is 1.69. The van der Waals surface area contributed by atoms with Crippen molar-refractivity contribution in [2.45, 2.75) is 51.4 Å². The minimum atomic E-state index is 0.843. The highest BCUT2D eigenvalue weighted by molar-refractivity contribution is 5.33. The maximum Gasteiger partial charge on any atom is 0.0788 e. The fourth-order valence-electron chi connectivity index (χ4n) is 3.18. The first-order valence-corrected chi connectivity index (χ1v) is 10.1. The van der Waals surface area contributed by atoms with Crippen molar-refractivity contribution in [3.63, 3.8) is 0 Å². The van der Waals surface area contributed by atoms with Gasteiger partial charge in [-0.1, -0.05) is 38.5 Å². The van der Waals surface area contributed by atoms with E-state index in [1.54, 1.807) is 0 Å². The first kappa shape index (κ1) is 21.5. The van der Waals surface area contributed by atoms with Gasteiger partial charge in [0.05, 0.1) is 12.4 Å². The van der Waals surface area contributed by atoms with E-state index >= 15 is 0 Å². The molecule has 0 aromatic carbocycles. The molecule has 0 aromatic heterocycles. The minimum absolute atomic E-state index is 0.843. The first-order chi connectivity index (χ1) is 13.8. The number of allylic oxidation sites excluding steroid dienone is 6. The molecular weight excluding hydrogens is 352 g/mol. The fraction of sp³-hybridized carbons (Fsp3) is 0.455. The summed E-state index contributed by atoms with van der Waals surface area (Å²) < 4.78 is 0. The lowest BCUT2D eigenvalue weighted by atomic mass is 10.1. The second-order valence-electron chi connectivity index (χ2n) is 7.04. The zero-order chi connectivity index (χ0) is 19.9. The van der Waals surface area contributed by atoms with Gasteiger partial charge >= 0.3 is 0 Å². The molecular formula is C22H30N4O2. The third-order valence-corrected chi connectivity index (χ3v) is 4.82. The number of hydrogen-bond donors (Lipinski definition) is 0. The smallest absolute Gasteiger partial charge is 0.0788 e. The van der Waals surface area contributed by atoms with E-state index in [9.17, 15) is 9.81 Å². The largest absolute Gasteiger partial charge is 0.354 e. The summed E-state index contributed by atoms with van der Waals surface area (Å²) in [5.74, 6) is 0. The Hall–Kier alpha value is -2.76. The van der Waals surface area contributed by atoms with Crippen LogP contribution in [-0.4, -0.2) is 22.9 Å². The van der Waals surface area contributed by atoms with Crippen molar-refractivity contribution in [1.29, 1.82) is 0 Å². The molecule has 0 fully saturated rings. The molecule has 0 aromatic rings. The molecule has 0 atom stereocenters. The van der Waals surface area contributed by atoms with Gasteiger partial charge in [-0.05, 0) is 58.6 Å². The van der Waals surface area contributed by atoms with E-state index in [-0.39, 0.29) is 0 Å². The summed E-state index contributed by atoms with van der Waals surface area (Å²) in [7, 11) is 0. The molecule has 0 aliphatic carbocycles. The van der Waals surface area contributed by atoms with Gasteiger partial charge in [-0.15, -0.1) is 9.81 Å². The number of rotatable bonds is 13. The van der Waals surface area contributed by atoms with Crippen LogP contribution in [-0.2, 0) is 0 Å². The molecule has 2 aliphatic heterocycles. The van der Waals surface area contributed by atoms with Gasteiger partial charge < -0.3 is 9.80 Å². The predicted octanol–water partition coefficient (Wildman–Crippen LogP) is 6.09. The molecule has 0 unspecified atom stereocenters. The van der Waals surface area contributed by atoms with Crippen LogP contribution in [0.15, 0.2) is 83.0 Å². The number of unbranched alkanes of at least 4 members (excludes halogenated alkanes) is 7. The van der Waals surface area contributed by atoms with E-state index in [1.807, 2.05) is 49.1 Å². The Morgan fingerprint density at radius 3 is 1.21 bits per heavy atom. The number of nitroso groups, excluding NO2 is 2. The Labute approximate surface area is 167 Å². The average molecular weight is 383 g/mol. The molecule has 0 saturated heterocycles. The SMILES string of the molecule is O=NC=C1C=CN(CCCCCCCCCCN2C=CC(=CN=O)C=C2)C=C1. The van der Waals surface area contributed by atoms with Crippen LogP contribution >= 0.6 is 0 Å². The Bertz CT molecular complexity index is 584. The quantitative estimate of drug-likeness (QED) is 0.285. The predicted molar refractivity (Wildman–Crippen MR) is 115 cm³/mol. The highest BCUT2D eigenvalue weighted by Gasteiger charge is 2.02. The van der Waals surface area contributed by atoms with Crippen LogP contribution in [0.4, 0.5) is 0 Å². The maximum atomic E-state index is 10.2. The van der Waals surface area contributed by atoms with E-state index in [0.29, 0.717) is 0 Å². The summed E-state index contributed by atoms with van der Waals surface area (Å²) in [6.07, 6.45) is 28.4. The van der Waals surface area contributed by atoms with Gasteiger partial charge in [-0.3, -0.25) is 0 Å². The first-order valence-electron chi connectivity index (χ1n) is 10.1. The van der Waals surface area contributed by atoms with Crippen LogP contribution < -0.4 is 0 Å². The van der Waals surface area contributed by atoms with Crippen LogP contribution in [0.25, 0.3) is 0 Å². The summed E-state index contributed by atoms with van der Waals surface area (Å²) in [6.45, 7) is 2.04. The van der Waals surface area contributed by atoms with Gasteiger partial charge in [0.2, 0.25) is 0 Å². The number of hydrogen-bond acceptors (Lipinski definition) is 6. The van der Waals surface area contributed by atoms with Crippen LogP contribution in [0.1, 0.15) is 51.4 Å². The van der Waals surface area contributed by atoms with Crippen LogP contribution in [0.2, 0.25) is 0 Å². The summed E-state index contributed by atoms with van der Waals surface area (Å²) in [5, 5.41) is 5.57. The second kappa shape index (κ2) is 13.4. The zero-order valence-corrected chi connectivity index (χ0v) is 16.4. The van der Waals surface area contributed by atoms with E-state index in [0.717, 1.165) is 24.2 Å². The van der Waals surface area contributed by atoms with E-state index in [2.05, 4.69) is 20.2 Å². The highest BCUT2D eigenvalue weighted by atomic mass is 16.3. The molecule has 150 valence electrons. The average Bonchev–Trinajstić information content (AvgIpc) is 2.72. The molecule has 0 N–H and O–H groups in total. The standard InChI is InChI=1S/C22H30N4O2/c27-23-19-21-9-15-25(16-10-21)13-7-5-3-1-2-4-6-8-14-26-17-11-22(12-18-26)20-24-28/h9-12,15-20H,1-8,13-14H2. The van der Waals surface area contributed by atoms with Gasteiger partial charge in [0.1, 0.15) is 0 Å². The molecule has 28 heavy (non-hydrogen) atoms. The summed E-state index contributed by atoms with van der Waals surface area (Å²) in [4.78, 5) is 24.7. The van der Waals surface area contributed by atoms with Crippen molar-refractivity contribution < 1.29 is 0 Å². The van der Waals surface area contributed by atoms with Crippen LogP contribution in [0, 0.1) is 9.81 Å². The third kappa shape index (κ3) is 8.75. The monoisotopic (exact) mass is 382 g/mol. The lowest BCUT2D eigenvalue weighted by molar-refractivity contribution is 0.451. The van der Waals surface area contributed by atoms with Gasteiger partial charge in [0.15, 0.2) is 0 Å². The highest BCUT2D eigenvalue weighted by Crippen LogP contribution is 2.14. The molecule has 0 bridgehead atoms. The van der Waals surface area contributed by atoms with Gasteiger partial charge in [0.25, 0.3) is 0 Å². The molecule has 0 spiro atoms. The van der Waals surface area contributed by atoms with E-state index in [4.69, 9.17) is 0 Å². The van der Waals surface area contributed by atoms with Crippen molar-refractivity contribution in [3.05, 3.63) is 82.5 Å². The molecule has 6 nitrogen and oxygen atoms in total. The summed E-state index contributed by atoms with van der Waals surface area (Å²) in [6, 6.07) is 0. The molecule has 2 heterocycles. The lowest BCUT2D eigenvalue weighted by Crippen LogP contribution is -2.13. The molecule has 6 heteroatoms. The van der Waals surface area contributed by atoms with Crippen molar-refractivity contribution in [1.82, 2.24) is 9.80 Å². The number of nitrogens with zero attached hydrogens (tertiary/aromatic N) is 4. The van der Waals surface area contributed by atoms with Gasteiger partial charge in [-0.25, -0.2) is 0 Å². The van der Waals surface area contributed by atoms with Crippen LogP contribution in [0.3, 0.4) is 0 Å². The molecule has 0 amide bonds. The maximum absolute atomic E-state index is 10.2. The Balaban J connectivity index is 1.40. The Morgan fingerprint density at radius 2 is 0.893 bits per heavy atom. The second-order valence-corrected chi connectivity index (χ2v) is 7.04. The van der Waals surface area contributed by atoms with Crippen molar-refractivity contribution in [2.24, 2.45) is 10.4 Å². The molecule has 2 rings (SSSR count). The molecule has 0 saturated carbocycles. The summed E-state index contributed by atoms with van der Waals surface area (Å²) >= 11 is 0. The van der Waals surface area contributed by atoms with Crippen molar-refractivity contribution >= 4 is 0 Å².